The summed E-state index contributed by atoms with van der Waals surface area (Å²) in [6.07, 6.45) is 1.28. The maximum Gasteiger partial charge on any atom is 0.347 e. The van der Waals surface area contributed by atoms with Crippen LogP contribution in [0.1, 0.15) is 0 Å². The van der Waals surface area contributed by atoms with Crippen molar-refractivity contribution in [3.63, 3.8) is 0 Å². The molecule has 0 bridgehead atoms. The van der Waals surface area contributed by atoms with Gasteiger partial charge in [-0.3, -0.25) is 0 Å². The SMILES string of the molecule is OCC1=COC(S)(S)O1. The Morgan fingerprint density at radius 2 is 2.33 bits per heavy atom. The largest absolute Gasteiger partial charge is 0.440 e. The van der Waals surface area contributed by atoms with E-state index in [2.05, 4.69) is 25.3 Å². The second-order valence-corrected chi connectivity index (χ2v) is 3.04. The van der Waals surface area contributed by atoms with E-state index in [1.807, 2.05) is 0 Å². The van der Waals surface area contributed by atoms with Gasteiger partial charge in [-0.05, 0) is 0 Å². The van der Waals surface area contributed by atoms with Crippen molar-refractivity contribution in [1.29, 1.82) is 0 Å². The van der Waals surface area contributed by atoms with E-state index in [0.29, 0.717) is 5.76 Å². The number of aliphatic hydroxyl groups is 1. The first kappa shape index (κ1) is 7.11. The molecule has 0 spiro atoms. The van der Waals surface area contributed by atoms with Gasteiger partial charge in [-0.25, -0.2) is 0 Å². The number of thiol groups is 2. The van der Waals surface area contributed by atoms with E-state index in [9.17, 15) is 0 Å². The first-order valence-corrected chi connectivity index (χ1v) is 3.15. The monoisotopic (exact) mass is 166 g/mol. The molecule has 1 N–H and O–H groups in total. The highest BCUT2D eigenvalue weighted by Gasteiger charge is 2.29. The van der Waals surface area contributed by atoms with Crippen LogP contribution in [0.4, 0.5) is 0 Å². The normalized spacial score (nSPS) is 22.3. The number of ether oxygens (including phenoxy) is 2. The quantitative estimate of drug-likeness (QED) is 0.388. The van der Waals surface area contributed by atoms with Crippen molar-refractivity contribution < 1.29 is 14.6 Å². The van der Waals surface area contributed by atoms with Crippen LogP contribution < -0.4 is 0 Å². The predicted molar refractivity (Wildman–Crippen MR) is 38.0 cm³/mol. The number of hydrogen-bond donors (Lipinski definition) is 3. The van der Waals surface area contributed by atoms with Crippen LogP contribution in [-0.4, -0.2) is 16.2 Å². The van der Waals surface area contributed by atoms with Crippen molar-refractivity contribution in [3.05, 3.63) is 12.0 Å². The standard InChI is InChI=1S/C4H6O3S2/c5-1-3-2-6-4(8,9)7-3/h2,5,8-9H,1H2. The van der Waals surface area contributed by atoms with E-state index >= 15 is 0 Å². The Kier molecular flexibility index (Phi) is 1.83. The van der Waals surface area contributed by atoms with Crippen molar-refractivity contribution in [2.75, 3.05) is 6.61 Å². The molecule has 1 rings (SSSR count). The van der Waals surface area contributed by atoms with Crippen LogP contribution in [0.2, 0.25) is 0 Å². The van der Waals surface area contributed by atoms with Crippen LogP contribution in [0.5, 0.6) is 0 Å². The molecular weight excluding hydrogens is 160 g/mol. The highest BCUT2D eigenvalue weighted by Crippen LogP contribution is 2.31. The van der Waals surface area contributed by atoms with Crippen LogP contribution in [0, 0.1) is 0 Å². The zero-order chi connectivity index (χ0) is 6.91. The van der Waals surface area contributed by atoms with Gasteiger partial charge < -0.3 is 14.6 Å². The predicted octanol–water partition coefficient (Wildman–Crippen LogP) is 0.338. The first-order chi connectivity index (χ1) is 4.14. The van der Waals surface area contributed by atoms with Gasteiger partial charge in [-0.15, -0.1) is 0 Å². The Hall–Kier alpha value is -0.0000000000000000555. The summed E-state index contributed by atoms with van der Waals surface area (Å²) >= 11 is 7.64. The molecule has 3 nitrogen and oxygen atoms in total. The van der Waals surface area contributed by atoms with E-state index in [0.717, 1.165) is 0 Å². The van der Waals surface area contributed by atoms with Gasteiger partial charge in [0.1, 0.15) is 12.9 Å². The van der Waals surface area contributed by atoms with E-state index in [1.165, 1.54) is 6.26 Å². The number of aliphatic hydroxyl groups excluding tert-OH is 1. The maximum atomic E-state index is 8.46. The molecule has 0 saturated heterocycles. The van der Waals surface area contributed by atoms with Crippen molar-refractivity contribution in [2.24, 2.45) is 0 Å². The maximum absolute atomic E-state index is 8.46. The van der Waals surface area contributed by atoms with Gasteiger partial charge in [-0.1, -0.05) is 25.3 Å². The third-order valence-corrected chi connectivity index (χ3v) is 1.16. The molecular formula is C4H6O3S2. The van der Waals surface area contributed by atoms with Crippen molar-refractivity contribution >= 4 is 25.3 Å². The number of rotatable bonds is 1. The Balaban J connectivity index is 2.50. The smallest absolute Gasteiger partial charge is 0.347 e. The molecule has 9 heavy (non-hydrogen) atoms. The van der Waals surface area contributed by atoms with E-state index in [4.69, 9.17) is 14.6 Å². The molecule has 0 aromatic carbocycles. The Bertz CT molecular complexity index is 143. The Morgan fingerprint density at radius 3 is 2.56 bits per heavy atom. The summed E-state index contributed by atoms with van der Waals surface area (Å²) in [6.45, 7) is -0.192. The molecule has 0 radical (unpaired) electrons. The minimum atomic E-state index is -1.20. The molecule has 0 aliphatic carbocycles. The van der Waals surface area contributed by atoms with E-state index in [1.54, 1.807) is 0 Å². The third-order valence-electron chi connectivity index (χ3n) is 0.764. The van der Waals surface area contributed by atoms with Crippen LogP contribution in [-0.2, 0) is 9.47 Å². The summed E-state index contributed by atoms with van der Waals surface area (Å²) in [7, 11) is 0. The highest BCUT2D eigenvalue weighted by atomic mass is 32.2. The lowest BCUT2D eigenvalue weighted by Gasteiger charge is -2.14. The summed E-state index contributed by atoms with van der Waals surface area (Å²) < 4.78 is 8.35. The lowest BCUT2D eigenvalue weighted by Crippen LogP contribution is -2.13. The average Bonchev–Trinajstić information content (AvgIpc) is 2.10. The molecule has 0 amide bonds. The molecule has 0 saturated carbocycles. The lowest BCUT2D eigenvalue weighted by atomic mass is 10.6. The van der Waals surface area contributed by atoms with Gasteiger partial charge in [0.15, 0.2) is 5.76 Å². The Labute approximate surface area is 63.5 Å². The van der Waals surface area contributed by atoms with E-state index < -0.39 is 4.45 Å². The van der Waals surface area contributed by atoms with Crippen LogP contribution >= 0.6 is 25.3 Å². The van der Waals surface area contributed by atoms with Crippen molar-refractivity contribution in [2.45, 2.75) is 4.45 Å². The molecule has 0 aromatic heterocycles. The minimum Gasteiger partial charge on any atom is -0.440 e. The van der Waals surface area contributed by atoms with Crippen LogP contribution in [0.15, 0.2) is 12.0 Å². The van der Waals surface area contributed by atoms with Crippen molar-refractivity contribution in [3.8, 4) is 0 Å². The second kappa shape index (κ2) is 2.32. The zero-order valence-corrected chi connectivity index (χ0v) is 6.23. The molecule has 0 fully saturated rings. The van der Waals surface area contributed by atoms with Gasteiger partial charge in [0, 0.05) is 0 Å². The van der Waals surface area contributed by atoms with Crippen LogP contribution in [0.25, 0.3) is 0 Å². The van der Waals surface area contributed by atoms with Crippen molar-refractivity contribution in [1.82, 2.24) is 0 Å². The molecule has 1 heterocycles. The second-order valence-electron chi connectivity index (χ2n) is 1.51. The molecule has 1 aliphatic heterocycles. The average molecular weight is 166 g/mol. The van der Waals surface area contributed by atoms with Gasteiger partial charge in [0.05, 0.1) is 0 Å². The summed E-state index contributed by atoms with van der Waals surface area (Å²) in [5, 5.41) is 8.46. The van der Waals surface area contributed by atoms with Gasteiger partial charge in [0.2, 0.25) is 0 Å². The fraction of sp³-hybridized carbons (Fsp3) is 0.500. The summed E-state index contributed by atoms with van der Waals surface area (Å²) in [6, 6.07) is 0. The fourth-order valence-corrected chi connectivity index (χ4v) is 0.771. The molecule has 0 aromatic rings. The van der Waals surface area contributed by atoms with Crippen LogP contribution in [0.3, 0.4) is 0 Å². The lowest BCUT2D eigenvalue weighted by molar-refractivity contribution is 0.00985. The topological polar surface area (TPSA) is 38.7 Å². The molecule has 0 atom stereocenters. The molecule has 5 heteroatoms. The number of hydrogen-bond acceptors (Lipinski definition) is 5. The summed E-state index contributed by atoms with van der Waals surface area (Å²) in [5.74, 6) is 0.333. The molecule has 1 aliphatic rings. The van der Waals surface area contributed by atoms with Gasteiger partial charge in [-0.2, -0.15) is 0 Å². The van der Waals surface area contributed by atoms with E-state index in [-0.39, 0.29) is 6.61 Å². The summed E-state index contributed by atoms with van der Waals surface area (Å²) in [5.41, 5.74) is 0. The van der Waals surface area contributed by atoms with Gasteiger partial charge in [0.25, 0.3) is 0 Å². The third kappa shape index (κ3) is 1.70. The molecule has 52 valence electrons. The summed E-state index contributed by atoms with van der Waals surface area (Å²) in [4.78, 5) is 0. The zero-order valence-electron chi connectivity index (χ0n) is 4.44. The minimum absolute atomic E-state index is 0.192. The first-order valence-electron chi connectivity index (χ1n) is 2.25. The molecule has 0 unspecified atom stereocenters. The highest BCUT2D eigenvalue weighted by molar-refractivity contribution is 8.00. The Morgan fingerprint density at radius 1 is 1.67 bits per heavy atom. The fourth-order valence-electron chi connectivity index (χ4n) is 0.431. The van der Waals surface area contributed by atoms with Gasteiger partial charge >= 0.3 is 4.45 Å².